The molecule has 5 rings (SSSR count). The standard InChI is InChI=1S/C25H29FN2O3S/c26-20-7-3-4-8-22(20)31-16-21-19-12-14-32-23(19)11-13-27(21)24(29)15-28(18-9-10-18)25(30)17-5-1-2-6-17/h3-4,7-8,12,14,17-18,21H,1-2,5-6,9-11,13,15-16H2/t21-/m0/s1. The molecule has 1 aromatic carbocycles. The highest BCUT2D eigenvalue weighted by atomic mass is 32.1. The van der Waals surface area contributed by atoms with Crippen LogP contribution in [0.15, 0.2) is 35.7 Å². The van der Waals surface area contributed by atoms with Gasteiger partial charge in [-0.1, -0.05) is 25.0 Å². The van der Waals surface area contributed by atoms with Gasteiger partial charge in [-0.15, -0.1) is 11.3 Å². The van der Waals surface area contributed by atoms with Crippen LogP contribution in [0.4, 0.5) is 4.39 Å². The molecule has 1 aliphatic heterocycles. The van der Waals surface area contributed by atoms with Gasteiger partial charge in [0.15, 0.2) is 11.6 Å². The first kappa shape index (κ1) is 21.4. The van der Waals surface area contributed by atoms with Crippen molar-refractivity contribution in [2.24, 2.45) is 5.92 Å². The number of para-hydroxylation sites is 1. The van der Waals surface area contributed by atoms with E-state index in [1.54, 1.807) is 29.5 Å². The van der Waals surface area contributed by atoms with Crippen molar-refractivity contribution < 1.29 is 18.7 Å². The Morgan fingerprint density at radius 2 is 1.91 bits per heavy atom. The first-order valence-electron chi connectivity index (χ1n) is 11.7. The molecule has 3 aliphatic rings. The van der Waals surface area contributed by atoms with Gasteiger partial charge in [0.1, 0.15) is 13.2 Å². The van der Waals surface area contributed by atoms with Crippen LogP contribution in [0.1, 0.15) is 55.0 Å². The number of thiophene rings is 1. The van der Waals surface area contributed by atoms with Crippen molar-refractivity contribution in [1.29, 1.82) is 0 Å². The number of ether oxygens (including phenoxy) is 1. The fourth-order valence-electron chi connectivity index (χ4n) is 5.02. The van der Waals surface area contributed by atoms with Gasteiger partial charge in [0.2, 0.25) is 11.8 Å². The van der Waals surface area contributed by atoms with Crippen molar-refractivity contribution >= 4 is 23.2 Å². The Bertz CT molecular complexity index is 983. The molecule has 2 aromatic rings. The fraction of sp³-hybridized carbons (Fsp3) is 0.520. The summed E-state index contributed by atoms with van der Waals surface area (Å²) in [6.45, 7) is 0.917. The summed E-state index contributed by atoms with van der Waals surface area (Å²) in [6, 6.07) is 8.31. The molecular formula is C25H29FN2O3S. The number of fused-ring (bicyclic) bond motifs is 1. The average Bonchev–Trinajstić information content (AvgIpc) is 3.28. The van der Waals surface area contributed by atoms with Gasteiger partial charge in [-0.2, -0.15) is 0 Å². The molecule has 5 nitrogen and oxygen atoms in total. The van der Waals surface area contributed by atoms with E-state index < -0.39 is 5.82 Å². The van der Waals surface area contributed by atoms with Crippen LogP contribution < -0.4 is 4.74 Å². The van der Waals surface area contributed by atoms with Gasteiger partial charge in [0.25, 0.3) is 0 Å². The highest BCUT2D eigenvalue weighted by Crippen LogP contribution is 2.36. The van der Waals surface area contributed by atoms with Crippen molar-refractivity contribution in [3.05, 3.63) is 52.0 Å². The SMILES string of the molecule is O=C(C1CCCC1)N(CC(=O)N1CCc2sccc2[C@@H]1COc1ccccc1F)C1CC1. The van der Waals surface area contributed by atoms with Crippen molar-refractivity contribution in [1.82, 2.24) is 9.80 Å². The maximum absolute atomic E-state index is 14.1. The van der Waals surface area contributed by atoms with Crippen molar-refractivity contribution in [2.75, 3.05) is 19.7 Å². The van der Waals surface area contributed by atoms with Crippen LogP contribution >= 0.6 is 11.3 Å². The minimum absolute atomic E-state index is 0.0396. The molecule has 170 valence electrons. The highest BCUT2D eigenvalue weighted by molar-refractivity contribution is 7.10. The third-order valence-corrected chi connectivity index (χ3v) is 7.93. The number of carbonyl (C=O) groups excluding carboxylic acids is 2. The molecular weight excluding hydrogens is 427 g/mol. The van der Waals surface area contributed by atoms with Crippen LogP contribution in [0.3, 0.4) is 0 Å². The number of carbonyl (C=O) groups is 2. The molecule has 0 unspecified atom stereocenters. The first-order valence-corrected chi connectivity index (χ1v) is 12.5. The second kappa shape index (κ2) is 9.22. The lowest BCUT2D eigenvalue weighted by Crippen LogP contribution is -2.49. The Morgan fingerprint density at radius 3 is 2.66 bits per heavy atom. The summed E-state index contributed by atoms with van der Waals surface area (Å²) in [5, 5.41) is 2.04. The Labute approximate surface area is 192 Å². The normalized spacial score (nSPS) is 20.8. The summed E-state index contributed by atoms with van der Waals surface area (Å²) in [7, 11) is 0. The summed E-state index contributed by atoms with van der Waals surface area (Å²) >= 11 is 1.69. The quantitative estimate of drug-likeness (QED) is 0.613. The van der Waals surface area contributed by atoms with Crippen LogP contribution in [0.5, 0.6) is 5.75 Å². The third-order valence-electron chi connectivity index (χ3n) is 6.93. The van der Waals surface area contributed by atoms with E-state index in [0.717, 1.165) is 50.5 Å². The van der Waals surface area contributed by atoms with Gasteiger partial charge in [-0.25, -0.2) is 4.39 Å². The molecule has 2 heterocycles. The van der Waals surface area contributed by atoms with E-state index in [2.05, 4.69) is 0 Å². The number of halogens is 1. The van der Waals surface area contributed by atoms with Crippen molar-refractivity contribution in [3.63, 3.8) is 0 Å². The minimum Gasteiger partial charge on any atom is -0.488 e. The predicted molar refractivity (Wildman–Crippen MR) is 121 cm³/mol. The van der Waals surface area contributed by atoms with Crippen molar-refractivity contribution in [2.45, 2.75) is 57.0 Å². The molecule has 1 aromatic heterocycles. The largest absolute Gasteiger partial charge is 0.488 e. The number of nitrogens with zero attached hydrogens (tertiary/aromatic N) is 2. The zero-order chi connectivity index (χ0) is 22.1. The van der Waals surface area contributed by atoms with Crippen LogP contribution in [0.25, 0.3) is 0 Å². The van der Waals surface area contributed by atoms with Gasteiger partial charge >= 0.3 is 0 Å². The maximum atomic E-state index is 14.1. The molecule has 0 radical (unpaired) electrons. The van der Waals surface area contributed by atoms with Gasteiger partial charge in [0, 0.05) is 23.4 Å². The van der Waals surface area contributed by atoms with Crippen LogP contribution in [0.2, 0.25) is 0 Å². The lowest BCUT2D eigenvalue weighted by atomic mass is 10.00. The lowest BCUT2D eigenvalue weighted by molar-refractivity contribution is -0.145. The topological polar surface area (TPSA) is 49.9 Å². The first-order chi connectivity index (χ1) is 15.6. The monoisotopic (exact) mass is 456 g/mol. The molecule has 32 heavy (non-hydrogen) atoms. The number of rotatable bonds is 7. The van der Waals surface area contributed by atoms with E-state index in [1.807, 2.05) is 21.2 Å². The smallest absolute Gasteiger partial charge is 0.242 e. The zero-order valence-electron chi connectivity index (χ0n) is 18.2. The molecule has 0 bridgehead atoms. The summed E-state index contributed by atoms with van der Waals surface area (Å²) in [5.74, 6) is -0.0199. The number of amides is 2. The predicted octanol–water partition coefficient (Wildman–Crippen LogP) is 4.57. The molecule has 2 aliphatic carbocycles. The van der Waals surface area contributed by atoms with Crippen LogP contribution in [-0.4, -0.2) is 47.4 Å². The molecule has 2 saturated carbocycles. The molecule has 1 atom stereocenters. The molecule has 2 amide bonds. The molecule has 0 saturated heterocycles. The number of benzene rings is 1. The maximum Gasteiger partial charge on any atom is 0.242 e. The lowest BCUT2D eigenvalue weighted by Gasteiger charge is -2.37. The summed E-state index contributed by atoms with van der Waals surface area (Å²) in [6.07, 6.45) is 6.86. The summed E-state index contributed by atoms with van der Waals surface area (Å²) < 4.78 is 19.9. The Hall–Kier alpha value is -2.41. The number of hydrogen-bond acceptors (Lipinski definition) is 4. The van der Waals surface area contributed by atoms with Gasteiger partial charge in [0.05, 0.1) is 6.04 Å². The second-order valence-electron chi connectivity index (χ2n) is 9.07. The zero-order valence-corrected chi connectivity index (χ0v) is 19.0. The molecule has 0 N–H and O–H groups in total. The number of hydrogen-bond donors (Lipinski definition) is 0. The van der Waals surface area contributed by atoms with E-state index >= 15 is 0 Å². The Morgan fingerprint density at radius 1 is 1.12 bits per heavy atom. The second-order valence-corrected chi connectivity index (χ2v) is 10.1. The molecule has 0 spiro atoms. The van der Waals surface area contributed by atoms with E-state index in [-0.39, 0.29) is 48.7 Å². The summed E-state index contributed by atoms with van der Waals surface area (Å²) in [4.78, 5) is 31.5. The fourth-order valence-corrected chi connectivity index (χ4v) is 5.95. The van der Waals surface area contributed by atoms with E-state index in [0.29, 0.717) is 6.54 Å². The van der Waals surface area contributed by atoms with Crippen LogP contribution in [0, 0.1) is 11.7 Å². The highest BCUT2D eigenvalue weighted by Gasteiger charge is 2.40. The van der Waals surface area contributed by atoms with Gasteiger partial charge < -0.3 is 14.5 Å². The summed E-state index contributed by atoms with van der Waals surface area (Å²) in [5.41, 5.74) is 1.08. The van der Waals surface area contributed by atoms with E-state index in [1.165, 1.54) is 10.9 Å². The Balaban J connectivity index is 1.32. The average molecular weight is 457 g/mol. The molecule has 7 heteroatoms. The minimum atomic E-state index is -0.409. The van der Waals surface area contributed by atoms with Crippen LogP contribution in [-0.2, 0) is 16.0 Å². The third kappa shape index (κ3) is 4.40. The Kier molecular flexibility index (Phi) is 6.17. The van der Waals surface area contributed by atoms with Crippen molar-refractivity contribution in [3.8, 4) is 5.75 Å². The molecule has 2 fully saturated rings. The van der Waals surface area contributed by atoms with Gasteiger partial charge in [-0.05, 0) is 61.2 Å². The van der Waals surface area contributed by atoms with Gasteiger partial charge in [-0.3, -0.25) is 9.59 Å². The van der Waals surface area contributed by atoms with E-state index in [4.69, 9.17) is 4.74 Å². The van der Waals surface area contributed by atoms with E-state index in [9.17, 15) is 14.0 Å².